The van der Waals surface area contributed by atoms with Crippen LogP contribution >= 0.6 is 0 Å². The van der Waals surface area contributed by atoms with Gasteiger partial charge in [0, 0.05) is 11.5 Å². The number of azide groups is 1. The number of ether oxygens (including phenoxy) is 1. The number of carbonyl (C=O) groups is 1. The van der Waals surface area contributed by atoms with E-state index in [9.17, 15) is 13.6 Å². The SMILES string of the molecule is COC(=O)C(NCCCN=[N+]=[N-])c1ccc(F)c(F)c1. The lowest BCUT2D eigenvalue weighted by Crippen LogP contribution is -2.30. The van der Waals surface area contributed by atoms with Crippen molar-refractivity contribution < 1.29 is 18.3 Å². The Hall–Kier alpha value is -2.18. The lowest BCUT2D eigenvalue weighted by Gasteiger charge is -2.16. The summed E-state index contributed by atoms with van der Waals surface area (Å²) in [5, 5.41) is 6.19. The van der Waals surface area contributed by atoms with Crippen LogP contribution in [0.15, 0.2) is 23.3 Å². The largest absolute Gasteiger partial charge is 0.468 e. The molecule has 1 rings (SSSR count). The molecule has 0 aliphatic heterocycles. The van der Waals surface area contributed by atoms with Crippen LogP contribution in [0.5, 0.6) is 0 Å². The van der Waals surface area contributed by atoms with E-state index in [1.54, 1.807) is 0 Å². The Morgan fingerprint density at radius 1 is 1.50 bits per heavy atom. The lowest BCUT2D eigenvalue weighted by atomic mass is 10.1. The van der Waals surface area contributed by atoms with Gasteiger partial charge in [0.25, 0.3) is 0 Å². The topological polar surface area (TPSA) is 87.1 Å². The molecule has 1 unspecified atom stereocenters. The van der Waals surface area contributed by atoms with Crippen LogP contribution in [0, 0.1) is 11.6 Å². The zero-order valence-electron chi connectivity index (χ0n) is 10.8. The van der Waals surface area contributed by atoms with Crippen LogP contribution in [0.1, 0.15) is 18.0 Å². The van der Waals surface area contributed by atoms with Gasteiger partial charge in [0.2, 0.25) is 0 Å². The maximum absolute atomic E-state index is 13.2. The van der Waals surface area contributed by atoms with Crippen molar-refractivity contribution >= 4 is 5.97 Å². The van der Waals surface area contributed by atoms with E-state index in [4.69, 9.17) is 5.53 Å². The number of esters is 1. The normalized spacial score (nSPS) is 11.6. The fourth-order valence-corrected chi connectivity index (χ4v) is 1.59. The molecule has 1 aromatic rings. The van der Waals surface area contributed by atoms with Gasteiger partial charge in [-0.25, -0.2) is 13.6 Å². The Bertz CT molecular complexity index is 518. The number of methoxy groups -OCH3 is 1. The molecule has 108 valence electrons. The smallest absolute Gasteiger partial charge is 0.327 e. The third kappa shape index (κ3) is 4.49. The van der Waals surface area contributed by atoms with Gasteiger partial charge in [0.1, 0.15) is 6.04 Å². The van der Waals surface area contributed by atoms with Gasteiger partial charge in [0.05, 0.1) is 7.11 Å². The van der Waals surface area contributed by atoms with E-state index < -0.39 is 23.6 Å². The molecule has 8 heteroatoms. The molecule has 1 atom stereocenters. The minimum atomic E-state index is -1.03. The molecule has 0 fully saturated rings. The standard InChI is InChI=1S/C12H14F2N4O2/c1-20-12(19)11(16-5-2-6-17-18-15)8-3-4-9(13)10(14)7-8/h3-4,7,11,16H,2,5-6H2,1H3. The van der Waals surface area contributed by atoms with Crippen LogP contribution < -0.4 is 5.32 Å². The van der Waals surface area contributed by atoms with Crippen molar-refractivity contribution in [3.05, 3.63) is 45.8 Å². The number of carbonyl (C=O) groups excluding carboxylic acids is 1. The molecule has 1 N–H and O–H groups in total. The van der Waals surface area contributed by atoms with Gasteiger partial charge < -0.3 is 10.1 Å². The third-order valence-electron chi connectivity index (χ3n) is 2.56. The van der Waals surface area contributed by atoms with E-state index in [2.05, 4.69) is 20.1 Å². The first-order valence-corrected chi connectivity index (χ1v) is 5.87. The second-order valence-electron chi connectivity index (χ2n) is 3.89. The predicted octanol–water partition coefficient (Wildman–Crippen LogP) is 2.47. The van der Waals surface area contributed by atoms with Crippen molar-refractivity contribution in [1.82, 2.24) is 5.32 Å². The van der Waals surface area contributed by atoms with Crippen molar-refractivity contribution in [3.8, 4) is 0 Å². The van der Waals surface area contributed by atoms with Gasteiger partial charge in [-0.15, -0.1) is 0 Å². The van der Waals surface area contributed by atoms with Gasteiger partial charge in [-0.3, -0.25) is 0 Å². The number of halogens is 2. The molecule has 0 bridgehead atoms. The quantitative estimate of drug-likeness (QED) is 0.274. The second kappa shape index (κ2) is 8.08. The molecule has 0 heterocycles. The van der Waals surface area contributed by atoms with E-state index in [-0.39, 0.29) is 12.1 Å². The minimum Gasteiger partial charge on any atom is -0.468 e. The first kappa shape index (κ1) is 15.9. The number of hydrogen-bond acceptors (Lipinski definition) is 4. The van der Waals surface area contributed by atoms with E-state index >= 15 is 0 Å². The summed E-state index contributed by atoms with van der Waals surface area (Å²) in [6.45, 7) is 0.632. The monoisotopic (exact) mass is 284 g/mol. The molecular formula is C12H14F2N4O2. The van der Waals surface area contributed by atoms with Crippen LogP contribution in [0.4, 0.5) is 8.78 Å². The fraction of sp³-hybridized carbons (Fsp3) is 0.417. The van der Waals surface area contributed by atoms with Crippen molar-refractivity contribution in [2.24, 2.45) is 5.11 Å². The van der Waals surface area contributed by atoms with E-state index in [0.717, 1.165) is 12.1 Å². The van der Waals surface area contributed by atoms with Crippen molar-refractivity contribution in [2.75, 3.05) is 20.2 Å². The van der Waals surface area contributed by atoms with Crippen LogP contribution in [0.3, 0.4) is 0 Å². The molecule has 20 heavy (non-hydrogen) atoms. The number of rotatable bonds is 7. The zero-order valence-corrected chi connectivity index (χ0v) is 10.8. The minimum absolute atomic E-state index is 0.263. The van der Waals surface area contributed by atoms with Crippen molar-refractivity contribution in [3.63, 3.8) is 0 Å². The van der Waals surface area contributed by atoms with Gasteiger partial charge in [-0.1, -0.05) is 11.2 Å². The summed E-state index contributed by atoms with van der Waals surface area (Å²) >= 11 is 0. The van der Waals surface area contributed by atoms with E-state index in [1.807, 2.05) is 0 Å². The molecule has 0 aromatic heterocycles. The highest BCUT2D eigenvalue weighted by Crippen LogP contribution is 2.17. The van der Waals surface area contributed by atoms with Crippen LogP contribution in [0.25, 0.3) is 10.4 Å². The van der Waals surface area contributed by atoms with Crippen molar-refractivity contribution in [1.29, 1.82) is 0 Å². The molecule has 1 aromatic carbocycles. The van der Waals surface area contributed by atoms with E-state index in [1.165, 1.54) is 13.2 Å². The molecule has 0 amide bonds. The van der Waals surface area contributed by atoms with Gasteiger partial charge in [0.15, 0.2) is 11.6 Å². The molecule has 0 spiro atoms. The summed E-state index contributed by atoms with van der Waals surface area (Å²) in [6, 6.07) is 2.29. The summed E-state index contributed by atoms with van der Waals surface area (Å²) in [6.07, 6.45) is 0.501. The summed E-state index contributed by atoms with van der Waals surface area (Å²) in [5.41, 5.74) is 8.39. The number of hydrogen-bond donors (Lipinski definition) is 1. The summed E-state index contributed by atoms with van der Waals surface area (Å²) in [5.74, 6) is -2.63. The highest BCUT2D eigenvalue weighted by atomic mass is 19.2. The lowest BCUT2D eigenvalue weighted by molar-refractivity contribution is -0.143. The maximum Gasteiger partial charge on any atom is 0.327 e. The molecule has 0 aliphatic carbocycles. The Labute approximate surface area is 114 Å². The van der Waals surface area contributed by atoms with Crippen LogP contribution in [-0.4, -0.2) is 26.2 Å². The molecule has 0 saturated carbocycles. The Morgan fingerprint density at radius 3 is 2.85 bits per heavy atom. The zero-order chi connectivity index (χ0) is 15.0. The number of benzene rings is 1. The number of nitrogens with one attached hydrogen (secondary N) is 1. The Balaban J connectivity index is 2.75. The van der Waals surface area contributed by atoms with Gasteiger partial charge in [-0.05, 0) is 36.2 Å². The molecule has 0 radical (unpaired) electrons. The summed E-state index contributed by atoms with van der Waals surface area (Å²) < 4.78 is 30.7. The maximum atomic E-state index is 13.2. The first-order chi connectivity index (χ1) is 9.60. The molecule has 0 aliphatic rings. The number of nitrogens with zero attached hydrogens (tertiary/aromatic N) is 3. The van der Waals surface area contributed by atoms with Gasteiger partial charge in [-0.2, -0.15) is 0 Å². The van der Waals surface area contributed by atoms with E-state index in [0.29, 0.717) is 13.0 Å². The van der Waals surface area contributed by atoms with Crippen molar-refractivity contribution in [2.45, 2.75) is 12.5 Å². The first-order valence-electron chi connectivity index (χ1n) is 5.87. The third-order valence-corrected chi connectivity index (χ3v) is 2.56. The average molecular weight is 284 g/mol. The summed E-state index contributed by atoms with van der Waals surface area (Å²) in [4.78, 5) is 14.2. The predicted molar refractivity (Wildman–Crippen MR) is 67.7 cm³/mol. The average Bonchev–Trinajstić information content (AvgIpc) is 2.45. The summed E-state index contributed by atoms with van der Waals surface area (Å²) in [7, 11) is 1.21. The van der Waals surface area contributed by atoms with Gasteiger partial charge >= 0.3 is 5.97 Å². The fourth-order valence-electron chi connectivity index (χ4n) is 1.59. The highest BCUT2D eigenvalue weighted by Gasteiger charge is 2.21. The Morgan fingerprint density at radius 2 is 2.25 bits per heavy atom. The van der Waals surface area contributed by atoms with Crippen LogP contribution in [-0.2, 0) is 9.53 Å². The molecule has 6 nitrogen and oxygen atoms in total. The second-order valence-corrected chi connectivity index (χ2v) is 3.89. The molecular weight excluding hydrogens is 270 g/mol. The Kier molecular flexibility index (Phi) is 6.42. The highest BCUT2D eigenvalue weighted by molar-refractivity contribution is 5.77. The molecule has 0 saturated heterocycles. The van der Waals surface area contributed by atoms with Crippen LogP contribution in [0.2, 0.25) is 0 Å².